The third kappa shape index (κ3) is 3.67. The maximum absolute atomic E-state index is 12.6. The monoisotopic (exact) mass is 358 g/mol. The normalized spacial score (nSPS) is 21.1. The minimum atomic E-state index is -0.0152. The zero-order valence-corrected chi connectivity index (χ0v) is 16.3. The van der Waals surface area contributed by atoms with E-state index in [-0.39, 0.29) is 5.56 Å². The van der Waals surface area contributed by atoms with E-state index in [1.54, 1.807) is 17.0 Å². The van der Waals surface area contributed by atoms with E-state index in [2.05, 4.69) is 28.1 Å². The van der Waals surface area contributed by atoms with Crippen LogP contribution in [-0.4, -0.2) is 50.9 Å². The molecule has 0 spiro atoms. The average Bonchev–Trinajstić information content (AvgIpc) is 3.07. The molecule has 0 amide bonds. The molecule has 3 rings (SSSR count). The fraction of sp³-hybridized carbons (Fsp3) is 0.632. The molecule has 1 aliphatic heterocycles. The Balaban J connectivity index is 1.85. The van der Waals surface area contributed by atoms with Crippen LogP contribution in [0.3, 0.4) is 0 Å². The van der Waals surface area contributed by atoms with Crippen LogP contribution in [-0.2, 0) is 13.6 Å². The standard InChI is InChI=1S/C19H30N6O/c1-5-24-10-7-8-15(17(24)16-12-21-23(4)14-16)13-22(3)18-19(26)25(6-2)11-9-20-18/h9,11-12,14-15,17H,5-8,10,13H2,1-4H3/t15-,17+/m0/s1. The van der Waals surface area contributed by atoms with Gasteiger partial charge < -0.3 is 9.47 Å². The molecule has 0 bridgehead atoms. The number of aryl methyl sites for hydroxylation is 2. The molecule has 1 saturated heterocycles. The highest BCUT2D eigenvalue weighted by molar-refractivity contribution is 5.34. The molecule has 2 aromatic rings. The van der Waals surface area contributed by atoms with E-state index in [0.717, 1.165) is 26.1 Å². The third-order valence-electron chi connectivity index (χ3n) is 5.44. The Hall–Kier alpha value is -2.15. The van der Waals surface area contributed by atoms with Crippen molar-refractivity contribution >= 4 is 5.82 Å². The van der Waals surface area contributed by atoms with Gasteiger partial charge in [0.1, 0.15) is 0 Å². The lowest BCUT2D eigenvalue weighted by atomic mass is 9.85. The highest BCUT2D eigenvalue weighted by Gasteiger charge is 2.33. The Bertz CT molecular complexity index is 782. The molecule has 3 heterocycles. The maximum atomic E-state index is 12.6. The van der Waals surface area contributed by atoms with Crippen LogP contribution < -0.4 is 10.5 Å². The van der Waals surface area contributed by atoms with Gasteiger partial charge in [-0.15, -0.1) is 0 Å². The largest absolute Gasteiger partial charge is 0.355 e. The second-order valence-electron chi connectivity index (χ2n) is 7.15. The number of likely N-dealkylation sites (tertiary alicyclic amines) is 1. The first-order valence-corrected chi connectivity index (χ1v) is 9.54. The van der Waals surface area contributed by atoms with Crippen molar-refractivity contribution in [3.8, 4) is 0 Å². The lowest BCUT2D eigenvalue weighted by Gasteiger charge is -2.42. The number of hydrogen-bond acceptors (Lipinski definition) is 5. The van der Waals surface area contributed by atoms with Gasteiger partial charge in [0.25, 0.3) is 5.56 Å². The minimum absolute atomic E-state index is 0.0152. The first-order valence-electron chi connectivity index (χ1n) is 9.54. The van der Waals surface area contributed by atoms with Gasteiger partial charge in [0, 0.05) is 57.4 Å². The van der Waals surface area contributed by atoms with Gasteiger partial charge in [-0.2, -0.15) is 5.10 Å². The van der Waals surface area contributed by atoms with E-state index >= 15 is 0 Å². The van der Waals surface area contributed by atoms with Crippen molar-refractivity contribution < 1.29 is 0 Å². The number of hydrogen-bond donors (Lipinski definition) is 0. The predicted octanol–water partition coefficient (Wildman–Crippen LogP) is 1.91. The van der Waals surface area contributed by atoms with E-state index in [0.29, 0.717) is 24.3 Å². The Morgan fingerprint density at radius 3 is 2.77 bits per heavy atom. The maximum Gasteiger partial charge on any atom is 0.293 e. The average molecular weight is 358 g/mol. The van der Waals surface area contributed by atoms with E-state index in [9.17, 15) is 4.79 Å². The third-order valence-corrected chi connectivity index (χ3v) is 5.44. The van der Waals surface area contributed by atoms with Gasteiger partial charge in [0.05, 0.1) is 6.20 Å². The summed E-state index contributed by atoms with van der Waals surface area (Å²) in [4.78, 5) is 21.5. The molecule has 26 heavy (non-hydrogen) atoms. The molecule has 1 fully saturated rings. The molecule has 0 radical (unpaired) electrons. The highest BCUT2D eigenvalue weighted by atomic mass is 16.1. The minimum Gasteiger partial charge on any atom is -0.355 e. The summed E-state index contributed by atoms with van der Waals surface area (Å²) in [6.45, 7) is 7.80. The van der Waals surface area contributed by atoms with Crippen molar-refractivity contribution in [3.05, 3.63) is 40.7 Å². The Labute approximate surface area is 155 Å². The van der Waals surface area contributed by atoms with Crippen molar-refractivity contribution in [1.29, 1.82) is 0 Å². The molecule has 142 valence electrons. The summed E-state index contributed by atoms with van der Waals surface area (Å²) in [6.07, 6.45) is 9.90. The molecule has 0 aromatic carbocycles. The van der Waals surface area contributed by atoms with Crippen LogP contribution >= 0.6 is 0 Å². The summed E-state index contributed by atoms with van der Waals surface area (Å²) in [5, 5.41) is 4.38. The first kappa shape index (κ1) is 18.6. The van der Waals surface area contributed by atoms with Crippen LogP contribution in [0, 0.1) is 5.92 Å². The summed E-state index contributed by atoms with van der Waals surface area (Å²) in [6, 6.07) is 0.335. The quantitative estimate of drug-likeness (QED) is 0.789. The number of piperidine rings is 1. The fourth-order valence-electron chi connectivity index (χ4n) is 4.16. The number of rotatable bonds is 6. The smallest absolute Gasteiger partial charge is 0.293 e. The van der Waals surface area contributed by atoms with Gasteiger partial charge in [0.15, 0.2) is 5.82 Å². The van der Waals surface area contributed by atoms with Crippen molar-refractivity contribution in [1.82, 2.24) is 24.2 Å². The van der Waals surface area contributed by atoms with Crippen LogP contribution in [0.4, 0.5) is 5.82 Å². The van der Waals surface area contributed by atoms with E-state index < -0.39 is 0 Å². The zero-order valence-electron chi connectivity index (χ0n) is 16.3. The van der Waals surface area contributed by atoms with Crippen molar-refractivity contribution in [3.63, 3.8) is 0 Å². The molecular formula is C19H30N6O. The van der Waals surface area contributed by atoms with Gasteiger partial charge in [0.2, 0.25) is 0 Å². The summed E-state index contributed by atoms with van der Waals surface area (Å²) < 4.78 is 3.58. The summed E-state index contributed by atoms with van der Waals surface area (Å²) >= 11 is 0. The van der Waals surface area contributed by atoms with Crippen LogP contribution in [0.25, 0.3) is 0 Å². The van der Waals surface area contributed by atoms with E-state index in [1.165, 1.54) is 12.0 Å². The Morgan fingerprint density at radius 2 is 2.12 bits per heavy atom. The number of nitrogens with zero attached hydrogens (tertiary/aromatic N) is 6. The van der Waals surface area contributed by atoms with Crippen LogP contribution in [0.5, 0.6) is 0 Å². The highest BCUT2D eigenvalue weighted by Crippen LogP contribution is 2.36. The molecule has 7 nitrogen and oxygen atoms in total. The van der Waals surface area contributed by atoms with Crippen molar-refractivity contribution in [2.24, 2.45) is 13.0 Å². The molecule has 2 aromatic heterocycles. The van der Waals surface area contributed by atoms with Crippen LogP contribution in [0.15, 0.2) is 29.6 Å². The van der Waals surface area contributed by atoms with E-state index in [4.69, 9.17) is 0 Å². The summed E-state index contributed by atoms with van der Waals surface area (Å²) in [5.74, 6) is 0.974. The number of aromatic nitrogens is 4. The topological polar surface area (TPSA) is 59.2 Å². The SMILES string of the molecule is CCN1CCC[C@@H](CN(C)c2nccn(CC)c2=O)[C@@H]1c1cnn(C)c1. The fourth-order valence-corrected chi connectivity index (χ4v) is 4.16. The van der Waals surface area contributed by atoms with Gasteiger partial charge in [-0.25, -0.2) is 4.98 Å². The second kappa shape index (κ2) is 8.03. The molecule has 1 aliphatic rings. The van der Waals surface area contributed by atoms with Gasteiger partial charge in [-0.05, 0) is 38.8 Å². The van der Waals surface area contributed by atoms with E-state index in [1.807, 2.05) is 36.8 Å². The van der Waals surface area contributed by atoms with Crippen molar-refractivity contribution in [2.75, 3.05) is 31.6 Å². The van der Waals surface area contributed by atoms with Gasteiger partial charge in [-0.1, -0.05) is 6.92 Å². The number of anilines is 1. The molecule has 7 heteroatoms. The van der Waals surface area contributed by atoms with Crippen molar-refractivity contribution in [2.45, 2.75) is 39.3 Å². The first-order chi connectivity index (χ1) is 12.5. The molecule has 0 aliphatic carbocycles. The summed E-state index contributed by atoms with van der Waals surface area (Å²) in [5.41, 5.74) is 1.25. The molecule has 2 atom stereocenters. The summed E-state index contributed by atoms with van der Waals surface area (Å²) in [7, 11) is 3.94. The lowest BCUT2D eigenvalue weighted by Crippen LogP contribution is -2.44. The van der Waals surface area contributed by atoms with Gasteiger partial charge >= 0.3 is 0 Å². The predicted molar refractivity (Wildman–Crippen MR) is 103 cm³/mol. The lowest BCUT2D eigenvalue weighted by molar-refractivity contribution is 0.101. The molecule has 0 unspecified atom stereocenters. The molecule has 0 N–H and O–H groups in total. The molecule has 0 saturated carbocycles. The Morgan fingerprint density at radius 1 is 1.31 bits per heavy atom. The van der Waals surface area contributed by atoms with Crippen LogP contribution in [0.1, 0.15) is 38.3 Å². The van der Waals surface area contributed by atoms with Gasteiger partial charge in [-0.3, -0.25) is 14.4 Å². The molecular weight excluding hydrogens is 328 g/mol. The van der Waals surface area contributed by atoms with Crippen LogP contribution in [0.2, 0.25) is 0 Å². The Kier molecular flexibility index (Phi) is 5.76. The zero-order chi connectivity index (χ0) is 18.7. The second-order valence-corrected chi connectivity index (χ2v) is 7.15.